The average molecular weight is 276 g/mol. The number of nitro benzene ring substituents is 1. The SMILES string of the molecule is CCC(Nc1ccc([N+](=O)[O-])cc1C)c1cccs1. The van der Waals surface area contributed by atoms with Gasteiger partial charge in [0.1, 0.15) is 0 Å². The van der Waals surface area contributed by atoms with Gasteiger partial charge in [0.25, 0.3) is 5.69 Å². The van der Waals surface area contributed by atoms with Crippen molar-refractivity contribution in [1.82, 2.24) is 0 Å². The van der Waals surface area contributed by atoms with Crippen LogP contribution >= 0.6 is 11.3 Å². The van der Waals surface area contributed by atoms with Crippen molar-refractivity contribution in [3.63, 3.8) is 0 Å². The van der Waals surface area contributed by atoms with Gasteiger partial charge in [-0.15, -0.1) is 11.3 Å². The van der Waals surface area contributed by atoms with Crippen LogP contribution in [0.5, 0.6) is 0 Å². The Labute approximate surface area is 116 Å². The summed E-state index contributed by atoms with van der Waals surface area (Å²) in [5, 5.41) is 16.2. The zero-order valence-corrected chi connectivity index (χ0v) is 11.7. The minimum absolute atomic E-state index is 0.132. The fraction of sp³-hybridized carbons (Fsp3) is 0.286. The van der Waals surface area contributed by atoms with Gasteiger partial charge < -0.3 is 5.32 Å². The Morgan fingerprint density at radius 1 is 1.42 bits per heavy atom. The number of anilines is 1. The van der Waals surface area contributed by atoms with Gasteiger partial charge in [0.05, 0.1) is 11.0 Å². The summed E-state index contributed by atoms with van der Waals surface area (Å²) in [5.41, 5.74) is 1.97. The molecule has 1 heterocycles. The van der Waals surface area contributed by atoms with E-state index in [-0.39, 0.29) is 16.7 Å². The quantitative estimate of drug-likeness (QED) is 0.645. The van der Waals surface area contributed by atoms with E-state index in [0.717, 1.165) is 17.7 Å². The van der Waals surface area contributed by atoms with Crippen LogP contribution in [-0.4, -0.2) is 4.92 Å². The van der Waals surface area contributed by atoms with Gasteiger partial charge in [-0.05, 0) is 36.4 Å². The first-order valence-electron chi connectivity index (χ1n) is 6.16. The van der Waals surface area contributed by atoms with E-state index >= 15 is 0 Å². The first-order valence-corrected chi connectivity index (χ1v) is 7.04. The molecule has 4 nitrogen and oxygen atoms in total. The van der Waals surface area contributed by atoms with Gasteiger partial charge in [0.2, 0.25) is 0 Å². The molecule has 0 saturated carbocycles. The van der Waals surface area contributed by atoms with E-state index < -0.39 is 0 Å². The number of rotatable bonds is 5. The summed E-state index contributed by atoms with van der Waals surface area (Å²) >= 11 is 1.72. The molecule has 0 amide bonds. The molecule has 0 fully saturated rings. The minimum atomic E-state index is -0.368. The zero-order valence-electron chi connectivity index (χ0n) is 10.9. The van der Waals surface area contributed by atoms with Crippen molar-refractivity contribution < 1.29 is 4.92 Å². The topological polar surface area (TPSA) is 55.2 Å². The molecule has 0 radical (unpaired) electrons. The lowest BCUT2D eigenvalue weighted by molar-refractivity contribution is -0.384. The summed E-state index contributed by atoms with van der Waals surface area (Å²) in [6, 6.07) is 9.31. The second-order valence-electron chi connectivity index (χ2n) is 4.38. The summed E-state index contributed by atoms with van der Waals surface area (Å²) < 4.78 is 0. The molecular weight excluding hydrogens is 260 g/mol. The predicted octanol–water partition coefficient (Wildman–Crippen LogP) is 4.53. The van der Waals surface area contributed by atoms with E-state index in [1.54, 1.807) is 23.5 Å². The second kappa shape index (κ2) is 5.84. The largest absolute Gasteiger partial charge is 0.377 e. The third-order valence-electron chi connectivity index (χ3n) is 3.05. The Morgan fingerprint density at radius 3 is 2.74 bits per heavy atom. The van der Waals surface area contributed by atoms with Gasteiger partial charge in [-0.1, -0.05) is 13.0 Å². The number of hydrogen-bond donors (Lipinski definition) is 1. The Morgan fingerprint density at radius 2 is 2.21 bits per heavy atom. The minimum Gasteiger partial charge on any atom is -0.377 e. The molecule has 1 N–H and O–H groups in total. The van der Waals surface area contributed by atoms with Crippen LogP contribution in [0.2, 0.25) is 0 Å². The molecule has 100 valence electrons. The first kappa shape index (κ1) is 13.5. The van der Waals surface area contributed by atoms with Crippen LogP contribution in [-0.2, 0) is 0 Å². The molecule has 0 aliphatic rings. The number of nitrogens with one attached hydrogen (secondary N) is 1. The van der Waals surface area contributed by atoms with Crippen LogP contribution in [0.3, 0.4) is 0 Å². The highest BCUT2D eigenvalue weighted by Gasteiger charge is 2.13. The normalized spacial score (nSPS) is 12.1. The smallest absolute Gasteiger partial charge is 0.269 e. The highest BCUT2D eigenvalue weighted by molar-refractivity contribution is 7.10. The molecule has 0 saturated heterocycles. The van der Waals surface area contributed by atoms with E-state index in [1.807, 2.05) is 13.0 Å². The van der Waals surface area contributed by atoms with Crippen LogP contribution in [0.4, 0.5) is 11.4 Å². The van der Waals surface area contributed by atoms with Crippen molar-refractivity contribution >= 4 is 22.7 Å². The maximum atomic E-state index is 10.7. The molecule has 1 aromatic heterocycles. The van der Waals surface area contributed by atoms with Crippen molar-refractivity contribution in [2.75, 3.05) is 5.32 Å². The van der Waals surface area contributed by atoms with E-state index in [9.17, 15) is 10.1 Å². The van der Waals surface area contributed by atoms with Crippen LogP contribution < -0.4 is 5.32 Å². The zero-order chi connectivity index (χ0) is 13.8. The number of nitrogens with zero attached hydrogens (tertiary/aromatic N) is 1. The lowest BCUT2D eigenvalue weighted by Crippen LogP contribution is -2.09. The van der Waals surface area contributed by atoms with Gasteiger partial charge in [-0.25, -0.2) is 0 Å². The maximum absolute atomic E-state index is 10.7. The molecule has 1 unspecified atom stereocenters. The molecule has 5 heteroatoms. The Bertz CT molecular complexity index is 567. The van der Waals surface area contributed by atoms with Gasteiger partial charge in [0, 0.05) is 22.7 Å². The highest BCUT2D eigenvalue weighted by Crippen LogP contribution is 2.29. The molecule has 0 spiro atoms. The average Bonchev–Trinajstić information content (AvgIpc) is 2.91. The van der Waals surface area contributed by atoms with Crippen molar-refractivity contribution in [1.29, 1.82) is 0 Å². The van der Waals surface area contributed by atoms with Crippen LogP contribution in [0.15, 0.2) is 35.7 Å². The summed E-state index contributed by atoms with van der Waals surface area (Å²) in [4.78, 5) is 11.6. The second-order valence-corrected chi connectivity index (χ2v) is 5.36. The fourth-order valence-electron chi connectivity index (χ4n) is 1.97. The molecule has 0 aliphatic heterocycles. The molecule has 0 bridgehead atoms. The van der Waals surface area contributed by atoms with Crippen LogP contribution in [0.1, 0.15) is 29.8 Å². The highest BCUT2D eigenvalue weighted by atomic mass is 32.1. The van der Waals surface area contributed by atoms with E-state index in [1.165, 1.54) is 10.9 Å². The maximum Gasteiger partial charge on any atom is 0.269 e. The monoisotopic (exact) mass is 276 g/mol. The predicted molar refractivity (Wildman–Crippen MR) is 78.8 cm³/mol. The molecule has 19 heavy (non-hydrogen) atoms. The van der Waals surface area contributed by atoms with Crippen molar-refractivity contribution in [2.45, 2.75) is 26.3 Å². The summed E-state index contributed by atoms with van der Waals surface area (Å²) in [6.07, 6.45) is 0.969. The Kier molecular flexibility index (Phi) is 4.16. The molecule has 0 aliphatic carbocycles. The third-order valence-corrected chi connectivity index (χ3v) is 4.03. The number of thiophene rings is 1. The van der Waals surface area contributed by atoms with Gasteiger partial charge in [-0.3, -0.25) is 10.1 Å². The number of benzene rings is 1. The van der Waals surface area contributed by atoms with Gasteiger partial charge >= 0.3 is 0 Å². The van der Waals surface area contributed by atoms with Crippen molar-refractivity contribution in [3.05, 3.63) is 56.3 Å². The Balaban J connectivity index is 2.21. The molecule has 1 atom stereocenters. The lowest BCUT2D eigenvalue weighted by atomic mass is 10.1. The first-order chi connectivity index (χ1) is 9.11. The summed E-state index contributed by atoms with van der Waals surface area (Å²) in [5.74, 6) is 0. The molecule has 2 rings (SSSR count). The number of nitro groups is 1. The number of non-ortho nitro benzene ring substituents is 1. The Hall–Kier alpha value is -1.88. The van der Waals surface area contributed by atoms with Crippen LogP contribution in [0.25, 0.3) is 0 Å². The molecular formula is C14H16N2O2S. The summed E-state index contributed by atoms with van der Waals surface area (Å²) in [7, 11) is 0. The summed E-state index contributed by atoms with van der Waals surface area (Å²) in [6.45, 7) is 4.01. The standard InChI is InChI=1S/C14H16N2O2S/c1-3-12(14-5-4-8-19-14)15-13-7-6-11(16(17)18)9-10(13)2/h4-9,12,15H,3H2,1-2H3. The molecule has 2 aromatic rings. The van der Waals surface area contributed by atoms with Crippen LogP contribution in [0, 0.1) is 17.0 Å². The van der Waals surface area contributed by atoms with Crippen molar-refractivity contribution in [2.24, 2.45) is 0 Å². The number of hydrogen-bond acceptors (Lipinski definition) is 4. The van der Waals surface area contributed by atoms with E-state index in [2.05, 4.69) is 23.7 Å². The molecule has 1 aromatic carbocycles. The van der Waals surface area contributed by atoms with Gasteiger partial charge in [-0.2, -0.15) is 0 Å². The van der Waals surface area contributed by atoms with Crippen molar-refractivity contribution in [3.8, 4) is 0 Å². The van der Waals surface area contributed by atoms with Gasteiger partial charge in [0.15, 0.2) is 0 Å². The fourth-order valence-corrected chi connectivity index (χ4v) is 2.84. The van der Waals surface area contributed by atoms with E-state index in [0.29, 0.717) is 0 Å². The number of aryl methyl sites for hydroxylation is 1. The van der Waals surface area contributed by atoms with E-state index in [4.69, 9.17) is 0 Å². The third kappa shape index (κ3) is 3.12. The lowest BCUT2D eigenvalue weighted by Gasteiger charge is -2.18.